The van der Waals surface area contributed by atoms with E-state index in [4.69, 9.17) is 0 Å². The van der Waals surface area contributed by atoms with Crippen molar-refractivity contribution in [1.82, 2.24) is 14.8 Å². The van der Waals surface area contributed by atoms with E-state index in [-0.39, 0.29) is 16.7 Å². The molecule has 0 spiro atoms. The molecule has 0 bridgehead atoms. The zero-order valence-electron chi connectivity index (χ0n) is 13.6. The summed E-state index contributed by atoms with van der Waals surface area (Å²) >= 11 is 0. The number of hydrogen-bond acceptors (Lipinski definition) is 6. The summed E-state index contributed by atoms with van der Waals surface area (Å²) in [5, 5.41) is 14.3. The molecule has 2 aliphatic rings. The maximum Gasteiger partial charge on any atom is 0.311 e. The van der Waals surface area contributed by atoms with Gasteiger partial charge in [-0.15, -0.1) is 0 Å². The molecule has 0 amide bonds. The molecule has 23 heavy (non-hydrogen) atoms. The molecular weight excluding hydrogens is 294 g/mol. The van der Waals surface area contributed by atoms with Gasteiger partial charge in [0.05, 0.1) is 4.92 Å². The van der Waals surface area contributed by atoms with Crippen molar-refractivity contribution in [2.24, 2.45) is 0 Å². The number of pyridine rings is 1. The van der Waals surface area contributed by atoms with Gasteiger partial charge in [-0.2, -0.15) is 0 Å². The number of nitrogens with one attached hydrogen (secondary N) is 1. The molecule has 7 heteroatoms. The Bertz CT molecular complexity index is 537. The fourth-order valence-corrected chi connectivity index (χ4v) is 3.62. The minimum Gasteiger partial charge on any atom is -0.362 e. The fraction of sp³-hybridized carbons (Fsp3) is 0.688. The van der Waals surface area contributed by atoms with Crippen LogP contribution in [0.1, 0.15) is 25.7 Å². The lowest BCUT2D eigenvalue weighted by molar-refractivity contribution is -0.384. The van der Waals surface area contributed by atoms with Gasteiger partial charge in [-0.1, -0.05) is 0 Å². The highest BCUT2D eigenvalue weighted by molar-refractivity contribution is 5.55. The molecule has 1 N–H and O–H groups in total. The molecule has 126 valence electrons. The Labute approximate surface area is 136 Å². The van der Waals surface area contributed by atoms with E-state index in [1.54, 1.807) is 12.3 Å². The van der Waals surface area contributed by atoms with Crippen molar-refractivity contribution >= 4 is 11.5 Å². The van der Waals surface area contributed by atoms with Crippen molar-refractivity contribution in [2.75, 3.05) is 38.5 Å². The summed E-state index contributed by atoms with van der Waals surface area (Å²) < 4.78 is 0. The van der Waals surface area contributed by atoms with Crippen LogP contribution in [0.15, 0.2) is 18.3 Å². The van der Waals surface area contributed by atoms with E-state index < -0.39 is 0 Å². The van der Waals surface area contributed by atoms with Gasteiger partial charge in [-0.3, -0.25) is 10.1 Å². The van der Waals surface area contributed by atoms with Crippen LogP contribution in [-0.2, 0) is 0 Å². The molecule has 3 heterocycles. The van der Waals surface area contributed by atoms with Crippen LogP contribution in [0.3, 0.4) is 0 Å². The van der Waals surface area contributed by atoms with Crippen LogP contribution < -0.4 is 5.32 Å². The van der Waals surface area contributed by atoms with Crippen LogP contribution in [0.4, 0.5) is 11.5 Å². The summed E-state index contributed by atoms with van der Waals surface area (Å²) in [7, 11) is 2.19. The quantitative estimate of drug-likeness (QED) is 0.675. The zero-order valence-corrected chi connectivity index (χ0v) is 13.6. The summed E-state index contributed by atoms with van der Waals surface area (Å²) in [5.74, 6) is 0.398. The highest BCUT2D eigenvalue weighted by Crippen LogP contribution is 2.25. The van der Waals surface area contributed by atoms with Crippen molar-refractivity contribution in [3.05, 3.63) is 28.4 Å². The van der Waals surface area contributed by atoms with E-state index in [1.165, 1.54) is 32.0 Å². The highest BCUT2D eigenvalue weighted by atomic mass is 16.6. The molecule has 1 aromatic rings. The summed E-state index contributed by atoms with van der Waals surface area (Å²) in [6, 6.07) is 4.08. The average Bonchev–Trinajstić information content (AvgIpc) is 2.57. The van der Waals surface area contributed by atoms with E-state index in [2.05, 4.69) is 27.1 Å². The zero-order chi connectivity index (χ0) is 16.2. The first-order valence-electron chi connectivity index (χ1n) is 8.42. The maximum absolute atomic E-state index is 11.1. The Balaban J connectivity index is 1.53. The topological polar surface area (TPSA) is 74.5 Å². The molecule has 0 unspecified atom stereocenters. The molecule has 0 atom stereocenters. The maximum atomic E-state index is 11.1. The highest BCUT2D eigenvalue weighted by Gasteiger charge is 2.28. The van der Waals surface area contributed by atoms with Gasteiger partial charge in [-0.05, 0) is 51.9 Å². The smallest absolute Gasteiger partial charge is 0.311 e. The van der Waals surface area contributed by atoms with Crippen LogP contribution in [0.5, 0.6) is 0 Å². The first-order valence-corrected chi connectivity index (χ1v) is 8.42. The van der Waals surface area contributed by atoms with E-state index in [0.29, 0.717) is 11.9 Å². The van der Waals surface area contributed by atoms with Gasteiger partial charge < -0.3 is 15.1 Å². The Morgan fingerprint density at radius 1 is 1.22 bits per heavy atom. The van der Waals surface area contributed by atoms with E-state index in [1.807, 2.05) is 0 Å². The van der Waals surface area contributed by atoms with Crippen LogP contribution in [0.25, 0.3) is 0 Å². The molecule has 7 nitrogen and oxygen atoms in total. The molecule has 2 saturated heterocycles. The van der Waals surface area contributed by atoms with Gasteiger partial charge in [0.1, 0.15) is 0 Å². The Kier molecular flexibility index (Phi) is 5.07. The van der Waals surface area contributed by atoms with Crippen molar-refractivity contribution < 1.29 is 4.92 Å². The summed E-state index contributed by atoms with van der Waals surface area (Å²) in [5.41, 5.74) is 0.0604. The van der Waals surface area contributed by atoms with Gasteiger partial charge >= 0.3 is 5.69 Å². The predicted molar refractivity (Wildman–Crippen MR) is 89.6 cm³/mol. The summed E-state index contributed by atoms with van der Waals surface area (Å²) in [6.45, 7) is 4.49. The number of anilines is 1. The lowest BCUT2D eigenvalue weighted by Gasteiger charge is -2.41. The third-order valence-corrected chi connectivity index (χ3v) is 5.06. The Morgan fingerprint density at radius 3 is 2.57 bits per heavy atom. The minimum atomic E-state index is -0.372. The average molecular weight is 319 g/mol. The number of rotatable bonds is 4. The molecule has 1 aromatic heterocycles. The van der Waals surface area contributed by atoms with Crippen molar-refractivity contribution in [3.63, 3.8) is 0 Å². The standard InChI is InChI=1S/C16H25N5O2/c1-19-9-6-14(7-10-19)20-11-4-13(5-12-20)18-16-15(21(22)23)3-2-8-17-16/h2-3,8,13-14H,4-7,9-12H2,1H3,(H,17,18). The van der Waals surface area contributed by atoms with Crippen LogP contribution in [-0.4, -0.2) is 65.0 Å². The molecule has 0 aromatic carbocycles. The second-order valence-corrected chi connectivity index (χ2v) is 6.62. The number of likely N-dealkylation sites (tertiary alicyclic amines) is 2. The van der Waals surface area contributed by atoms with Crippen molar-refractivity contribution in [2.45, 2.75) is 37.8 Å². The number of nitro groups is 1. The minimum absolute atomic E-state index is 0.0604. The number of aromatic nitrogens is 1. The monoisotopic (exact) mass is 319 g/mol. The molecule has 0 saturated carbocycles. The molecule has 2 fully saturated rings. The fourth-order valence-electron chi connectivity index (χ4n) is 3.62. The SMILES string of the molecule is CN1CCC(N2CCC(Nc3ncccc3[N+](=O)[O-])CC2)CC1. The second kappa shape index (κ2) is 7.23. The van der Waals surface area contributed by atoms with Gasteiger partial charge in [0.2, 0.25) is 5.82 Å². The molecule has 0 aliphatic carbocycles. The normalized spacial score (nSPS) is 22.1. The number of nitrogens with zero attached hydrogens (tertiary/aromatic N) is 4. The van der Waals surface area contributed by atoms with E-state index in [0.717, 1.165) is 25.9 Å². The lowest BCUT2D eigenvalue weighted by Crippen LogP contribution is -2.48. The van der Waals surface area contributed by atoms with Gasteiger partial charge in [0.25, 0.3) is 0 Å². The van der Waals surface area contributed by atoms with E-state index >= 15 is 0 Å². The first-order chi connectivity index (χ1) is 11.1. The number of hydrogen-bond donors (Lipinski definition) is 1. The van der Waals surface area contributed by atoms with Crippen molar-refractivity contribution in [1.29, 1.82) is 0 Å². The predicted octanol–water partition coefficient (Wildman–Crippen LogP) is 1.96. The summed E-state index contributed by atoms with van der Waals surface area (Å²) in [4.78, 5) is 19.8. The Morgan fingerprint density at radius 2 is 1.91 bits per heavy atom. The van der Waals surface area contributed by atoms with Crippen molar-refractivity contribution in [3.8, 4) is 0 Å². The third kappa shape index (κ3) is 3.97. The second-order valence-electron chi connectivity index (χ2n) is 6.62. The van der Waals surface area contributed by atoms with E-state index in [9.17, 15) is 10.1 Å². The largest absolute Gasteiger partial charge is 0.362 e. The molecule has 3 rings (SSSR count). The molecular formula is C16H25N5O2. The molecule has 2 aliphatic heterocycles. The van der Waals surface area contributed by atoms with Crippen LogP contribution >= 0.6 is 0 Å². The van der Waals surface area contributed by atoms with Gasteiger partial charge in [-0.25, -0.2) is 4.98 Å². The van der Waals surface area contributed by atoms with Gasteiger partial charge in [0.15, 0.2) is 0 Å². The molecule has 0 radical (unpaired) electrons. The number of piperidine rings is 2. The van der Waals surface area contributed by atoms with Gasteiger partial charge in [0, 0.05) is 37.4 Å². The van der Waals surface area contributed by atoms with Crippen LogP contribution in [0, 0.1) is 10.1 Å². The first kappa shape index (κ1) is 16.1. The lowest BCUT2D eigenvalue weighted by atomic mass is 9.98. The Hall–Kier alpha value is -1.73. The van der Waals surface area contributed by atoms with Crippen LogP contribution in [0.2, 0.25) is 0 Å². The third-order valence-electron chi connectivity index (χ3n) is 5.06. The summed E-state index contributed by atoms with van der Waals surface area (Å²) in [6.07, 6.45) is 6.13.